The minimum atomic E-state index is -0.204. The molecule has 0 amide bonds. The van der Waals surface area contributed by atoms with E-state index in [-0.39, 0.29) is 5.82 Å². The summed E-state index contributed by atoms with van der Waals surface area (Å²) in [5.74, 6) is 0.916. The van der Waals surface area contributed by atoms with Crippen molar-refractivity contribution in [1.82, 2.24) is 20.1 Å². The van der Waals surface area contributed by atoms with Crippen LogP contribution in [0.2, 0.25) is 0 Å². The molecule has 2 N–H and O–H groups in total. The molecule has 6 heteroatoms. The number of nitrogens with zero attached hydrogens (tertiary/aromatic N) is 2. The number of benzene rings is 2. The Hall–Kier alpha value is -2.70. The molecule has 2 aromatic heterocycles. The summed E-state index contributed by atoms with van der Waals surface area (Å²) < 4.78 is 21.9. The zero-order valence-corrected chi connectivity index (χ0v) is 18.2. The highest BCUT2D eigenvalue weighted by Gasteiger charge is 2.29. The molecule has 2 aromatic carbocycles. The van der Waals surface area contributed by atoms with E-state index < -0.39 is 0 Å². The number of rotatable bonds is 4. The summed E-state index contributed by atoms with van der Waals surface area (Å²) in [7, 11) is 0. The van der Waals surface area contributed by atoms with Crippen molar-refractivity contribution in [1.29, 1.82) is 0 Å². The number of hydrogen-bond acceptors (Lipinski definition) is 3. The van der Waals surface area contributed by atoms with Crippen molar-refractivity contribution in [2.45, 2.75) is 38.0 Å². The van der Waals surface area contributed by atoms with Crippen molar-refractivity contribution in [3.05, 3.63) is 59.7 Å². The summed E-state index contributed by atoms with van der Waals surface area (Å²) >= 11 is 0. The number of H-pyrrole nitrogens is 1. The molecule has 32 heavy (non-hydrogen) atoms. The Morgan fingerprint density at radius 2 is 1.81 bits per heavy atom. The van der Waals surface area contributed by atoms with E-state index in [1.807, 2.05) is 18.3 Å². The van der Waals surface area contributed by atoms with Crippen molar-refractivity contribution in [3.63, 3.8) is 0 Å². The summed E-state index contributed by atoms with van der Waals surface area (Å²) in [6.07, 6.45) is 7.44. The second-order valence-electron chi connectivity index (χ2n) is 9.29. The van der Waals surface area contributed by atoms with Crippen LogP contribution < -0.4 is 5.32 Å². The van der Waals surface area contributed by atoms with Crippen LogP contribution in [-0.2, 0) is 11.2 Å². The minimum absolute atomic E-state index is 0.204. The van der Waals surface area contributed by atoms with Crippen molar-refractivity contribution in [3.8, 4) is 5.69 Å². The number of nitrogens with one attached hydrogen (secondary N) is 2. The molecule has 2 saturated heterocycles. The molecule has 0 aliphatic carbocycles. The molecule has 0 spiro atoms. The first kappa shape index (κ1) is 19.9. The van der Waals surface area contributed by atoms with E-state index in [0.29, 0.717) is 11.8 Å². The van der Waals surface area contributed by atoms with Crippen LogP contribution in [0.25, 0.3) is 27.5 Å². The van der Waals surface area contributed by atoms with Gasteiger partial charge in [-0.1, -0.05) is 0 Å². The van der Waals surface area contributed by atoms with Crippen molar-refractivity contribution >= 4 is 21.8 Å². The Balaban J connectivity index is 1.61. The molecule has 2 fully saturated rings. The van der Waals surface area contributed by atoms with Crippen LogP contribution in [0.3, 0.4) is 0 Å². The lowest BCUT2D eigenvalue weighted by Crippen LogP contribution is -2.29. The fourth-order valence-electron chi connectivity index (χ4n) is 5.67. The van der Waals surface area contributed by atoms with E-state index in [4.69, 9.17) is 4.74 Å². The van der Waals surface area contributed by atoms with E-state index in [2.05, 4.69) is 32.2 Å². The van der Waals surface area contributed by atoms with E-state index in [1.165, 1.54) is 35.0 Å². The smallest absolute Gasteiger partial charge is 0.123 e. The number of aromatic amines is 1. The summed E-state index contributed by atoms with van der Waals surface area (Å²) in [5.41, 5.74) is 6.14. The van der Waals surface area contributed by atoms with Crippen molar-refractivity contribution < 1.29 is 9.13 Å². The van der Waals surface area contributed by atoms with Crippen LogP contribution in [0.4, 0.5) is 4.39 Å². The molecule has 4 aromatic rings. The van der Waals surface area contributed by atoms with Crippen molar-refractivity contribution in [2.75, 3.05) is 26.3 Å². The maximum atomic E-state index is 13.8. The lowest BCUT2D eigenvalue weighted by Gasteiger charge is -2.28. The molecular formula is C26H29FN4O. The highest BCUT2D eigenvalue weighted by Crippen LogP contribution is 2.41. The third-order valence-electron chi connectivity index (χ3n) is 7.32. The number of piperidine rings is 1. The van der Waals surface area contributed by atoms with Crippen LogP contribution in [0, 0.1) is 11.7 Å². The van der Waals surface area contributed by atoms with Gasteiger partial charge in [-0.15, -0.1) is 0 Å². The second-order valence-corrected chi connectivity index (χ2v) is 9.29. The lowest BCUT2D eigenvalue weighted by molar-refractivity contribution is 0.0840. The van der Waals surface area contributed by atoms with Crippen LogP contribution >= 0.6 is 0 Å². The predicted octanol–water partition coefficient (Wildman–Crippen LogP) is 5.08. The molecule has 0 saturated carbocycles. The molecular weight excluding hydrogens is 403 g/mol. The number of ether oxygens (including phenoxy) is 1. The quantitative estimate of drug-likeness (QED) is 0.473. The highest BCUT2D eigenvalue weighted by atomic mass is 19.1. The van der Waals surface area contributed by atoms with Gasteiger partial charge < -0.3 is 14.6 Å². The zero-order chi connectivity index (χ0) is 21.5. The number of halogens is 1. The van der Waals surface area contributed by atoms with Gasteiger partial charge >= 0.3 is 0 Å². The molecule has 4 heterocycles. The molecule has 0 radical (unpaired) electrons. The van der Waals surface area contributed by atoms with Gasteiger partial charge in [0.1, 0.15) is 5.82 Å². The Bertz CT molecular complexity index is 1230. The Morgan fingerprint density at radius 1 is 1.03 bits per heavy atom. The Kier molecular flexibility index (Phi) is 5.20. The minimum Gasteiger partial charge on any atom is -0.381 e. The molecule has 0 unspecified atom stereocenters. The third-order valence-corrected chi connectivity index (χ3v) is 7.32. The van der Waals surface area contributed by atoms with Gasteiger partial charge in [0.05, 0.1) is 17.2 Å². The Morgan fingerprint density at radius 3 is 2.59 bits per heavy atom. The fraction of sp³-hybridized carbons (Fsp3) is 0.423. The summed E-state index contributed by atoms with van der Waals surface area (Å²) in [4.78, 5) is 0. The predicted molar refractivity (Wildman–Crippen MR) is 125 cm³/mol. The molecule has 2 aliphatic rings. The Labute approximate surface area is 186 Å². The summed E-state index contributed by atoms with van der Waals surface area (Å²) in [5, 5.41) is 13.3. The average Bonchev–Trinajstić information content (AvgIpc) is 3.42. The van der Waals surface area contributed by atoms with Gasteiger partial charge in [-0.25, -0.2) is 4.39 Å². The van der Waals surface area contributed by atoms with Gasteiger partial charge in [-0.05, 0) is 93.1 Å². The topological polar surface area (TPSA) is 54.9 Å². The van der Waals surface area contributed by atoms with Crippen LogP contribution in [0.5, 0.6) is 0 Å². The summed E-state index contributed by atoms with van der Waals surface area (Å²) in [6, 6.07) is 11.5. The van der Waals surface area contributed by atoms with E-state index >= 15 is 0 Å². The highest BCUT2D eigenvalue weighted by molar-refractivity contribution is 5.98. The normalized spacial score (nSPS) is 18.7. The molecule has 0 bridgehead atoms. The zero-order valence-electron chi connectivity index (χ0n) is 18.2. The maximum Gasteiger partial charge on any atom is 0.123 e. The monoisotopic (exact) mass is 432 g/mol. The van der Waals surface area contributed by atoms with Crippen LogP contribution in [0.1, 0.15) is 42.9 Å². The van der Waals surface area contributed by atoms with Crippen molar-refractivity contribution in [2.24, 2.45) is 5.92 Å². The van der Waals surface area contributed by atoms with Crippen LogP contribution in [0.15, 0.2) is 42.6 Å². The molecule has 6 rings (SSSR count). The van der Waals surface area contributed by atoms with E-state index in [1.54, 1.807) is 12.1 Å². The lowest BCUT2D eigenvalue weighted by atomic mass is 9.85. The SMILES string of the molecule is Fc1ccc(-n2c(C3CCOCC3)c(CC3CCNCC3)c3cc4[nH]ncc4cc32)cc1. The maximum absolute atomic E-state index is 13.8. The standard InChI is InChI=1S/C26H29FN4O/c27-20-1-3-21(4-2-20)31-25-14-19-16-29-30-24(19)15-22(25)23(13-17-5-9-28-10-6-17)26(31)18-7-11-32-12-8-18/h1-4,14-18,28H,5-13H2,(H,29,30). The third kappa shape index (κ3) is 3.51. The second kappa shape index (κ2) is 8.34. The van der Waals surface area contributed by atoms with Gasteiger partial charge in [0, 0.05) is 41.3 Å². The first-order valence-electron chi connectivity index (χ1n) is 11.8. The van der Waals surface area contributed by atoms with Gasteiger partial charge in [0.15, 0.2) is 0 Å². The van der Waals surface area contributed by atoms with E-state index in [0.717, 1.165) is 62.2 Å². The largest absolute Gasteiger partial charge is 0.381 e. The fourth-order valence-corrected chi connectivity index (χ4v) is 5.67. The molecule has 166 valence electrons. The van der Waals surface area contributed by atoms with Gasteiger partial charge in [-0.2, -0.15) is 5.10 Å². The molecule has 0 atom stereocenters. The number of aromatic nitrogens is 3. The molecule has 5 nitrogen and oxygen atoms in total. The first-order valence-corrected chi connectivity index (χ1v) is 11.8. The average molecular weight is 433 g/mol. The first-order chi connectivity index (χ1) is 15.8. The number of hydrogen-bond donors (Lipinski definition) is 2. The van der Waals surface area contributed by atoms with Gasteiger partial charge in [-0.3, -0.25) is 5.10 Å². The van der Waals surface area contributed by atoms with E-state index in [9.17, 15) is 4.39 Å². The van der Waals surface area contributed by atoms with Gasteiger partial charge in [0.25, 0.3) is 0 Å². The molecule has 2 aliphatic heterocycles. The van der Waals surface area contributed by atoms with Gasteiger partial charge in [0.2, 0.25) is 0 Å². The summed E-state index contributed by atoms with van der Waals surface area (Å²) in [6.45, 7) is 3.79. The van der Waals surface area contributed by atoms with Crippen LogP contribution in [-0.4, -0.2) is 41.1 Å². The number of fused-ring (bicyclic) bond motifs is 2.